The summed E-state index contributed by atoms with van der Waals surface area (Å²) in [6, 6.07) is 4.30. The van der Waals surface area contributed by atoms with E-state index in [2.05, 4.69) is 47.6 Å². The van der Waals surface area contributed by atoms with Crippen LogP contribution in [0.2, 0.25) is 0 Å². The number of hydrogen-bond acceptors (Lipinski definition) is 5. The predicted octanol–water partition coefficient (Wildman–Crippen LogP) is 2.03. The highest BCUT2D eigenvalue weighted by atomic mass is 16.1. The van der Waals surface area contributed by atoms with Gasteiger partial charge in [-0.05, 0) is 45.5 Å². The molecule has 6 heteroatoms. The molecule has 6 nitrogen and oxygen atoms in total. The van der Waals surface area contributed by atoms with Gasteiger partial charge in [0, 0.05) is 50.2 Å². The average molecular weight is 390 g/mol. The summed E-state index contributed by atoms with van der Waals surface area (Å²) in [5.74, 6) is 0. The number of nitrogens with zero attached hydrogens (tertiary/aromatic N) is 5. The van der Waals surface area contributed by atoms with E-state index in [1.165, 1.54) is 38.8 Å². The number of piperidine rings is 1. The van der Waals surface area contributed by atoms with Gasteiger partial charge in [0.1, 0.15) is 0 Å². The molecular weight excluding hydrogens is 350 g/mol. The van der Waals surface area contributed by atoms with E-state index < -0.39 is 0 Å². The number of aromatic nitrogens is 2. The molecule has 1 atom stereocenters. The summed E-state index contributed by atoms with van der Waals surface area (Å²) in [6.07, 6.45) is 5.43. The van der Waals surface area contributed by atoms with Gasteiger partial charge in [0.2, 0.25) is 0 Å². The third kappa shape index (κ3) is 5.88. The van der Waals surface area contributed by atoms with Gasteiger partial charge in [0.05, 0.1) is 12.2 Å². The third-order valence-electron chi connectivity index (χ3n) is 6.43. The van der Waals surface area contributed by atoms with Crippen LogP contribution in [0, 0.1) is 0 Å². The fraction of sp³-hybridized carbons (Fsp3) is 0.818. The maximum Gasteiger partial charge on any atom is 0.266 e. The molecule has 3 heterocycles. The van der Waals surface area contributed by atoms with Crippen molar-refractivity contribution in [3.8, 4) is 0 Å². The van der Waals surface area contributed by atoms with Crippen LogP contribution in [0.1, 0.15) is 52.1 Å². The van der Waals surface area contributed by atoms with Gasteiger partial charge in [-0.2, -0.15) is 5.10 Å². The van der Waals surface area contributed by atoms with Gasteiger partial charge in [0.15, 0.2) is 0 Å². The highest BCUT2D eigenvalue weighted by Crippen LogP contribution is 2.19. The van der Waals surface area contributed by atoms with Crippen LogP contribution in [-0.2, 0) is 12.0 Å². The van der Waals surface area contributed by atoms with Crippen molar-refractivity contribution in [3.05, 3.63) is 28.2 Å². The molecule has 2 aliphatic heterocycles. The van der Waals surface area contributed by atoms with Gasteiger partial charge in [-0.25, -0.2) is 4.68 Å². The summed E-state index contributed by atoms with van der Waals surface area (Å²) >= 11 is 0. The Bertz CT molecular complexity index is 672. The Morgan fingerprint density at radius 2 is 1.64 bits per heavy atom. The van der Waals surface area contributed by atoms with Crippen molar-refractivity contribution < 1.29 is 0 Å². The molecule has 0 amide bonds. The third-order valence-corrected chi connectivity index (χ3v) is 6.43. The molecule has 1 aromatic heterocycles. The lowest BCUT2D eigenvalue weighted by atomic mass is 9.92. The fourth-order valence-corrected chi connectivity index (χ4v) is 4.32. The molecule has 2 fully saturated rings. The molecule has 2 saturated heterocycles. The second-order valence-corrected chi connectivity index (χ2v) is 9.63. The lowest BCUT2D eigenvalue weighted by molar-refractivity contribution is 0.107. The molecule has 158 valence electrons. The molecule has 28 heavy (non-hydrogen) atoms. The zero-order valence-electron chi connectivity index (χ0n) is 18.4. The second-order valence-electron chi connectivity index (χ2n) is 9.63. The van der Waals surface area contributed by atoms with E-state index in [4.69, 9.17) is 0 Å². The quantitative estimate of drug-likeness (QED) is 0.745. The molecule has 0 N–H and O–H groups in total. The van der Waals surface area contributed by atoms with Crippen LogP contribution >= 0.6 is 0 Å². The first kappa shape index (κ1) is 21.5. The molecule has 2 aliphatic rings. The maximum atomic E-state index is 12.2. The lowest BCUT2D eigenvalue weighted by Crippen LogP contribution is -2.49. The summed E-state index contributed by atoms with van der Waals surface area (Å²) in [7, 11) is 2.28. The number of hydrogen-bond donors (Lipinski definition) is 0. The molecule has 0 spiro atoms. The fourth-order valence-electron chi connectivity index (χ4n) is 4.32. The van der Waals surface area contributed by atoms with Crippen LogP contribution in [0.25, 0.3) is 0 Å². The molecule has 3 rings (SSSR count). The molecule has 0 aromatic carbocycles. The van der Waals surface area contributed by atoms with E-state index in [9.17, 15) is 4.79 Å². The minimum atomic E-state index is -0.0342. The summed E-state index contributed by atoms with van der Waals surface area (Å²) in [6.45, 7) is 14.9. The Kier molecular flexibility index (Phi) is 7.29. The van der Waals surface area contributed by atoms with Crippen LogP contribution in [0.4, 0.5) is 0 Å². The molecule has 0 aliphatic carbocycles. The number of piperazine rings is 1. The van der Waals surface area contributed by atoms with Gasteiger partial charge in [-0.15, -0.1) is 0 Å². The van der Waals surface area contributed by atoms with Gasteiger partial charge in [0.25, 0.3) is 5.56 Å². The first-order chi connectivity index (χ1) is 13.3. The Balaban J connectivity index is 1.42. The van der Waals surface area contributed by atoms with Gasteiger partial charge in [-0.1, -0.05) is 27.2 Å². The van der Waals surface area contributed by atoms with Crippen molar-refractivity contribution in [3.63, 3.8) is 0 Å². The minimum absolute atomic E-state index is 0.00300. The number of rotatable bonds is 6. The van der Waals surface area contributed by atoms with E-state index >= 15 is 0 Å². The lowest BCUT2D eigenvalue weighted by Gasteiger charge is -2.37. The van der Waals surface area contributed by atoms with Crippen LogP contribution in [0.5, 0.6) is 0 Å². The normalized spacial score (nSPS) is 23.2. The van der Waals surface area contributed by atoms with E-state index in [1.54, 1.807) is 10.7 Å². The van der Waals surface area contributed by atoms with Gasteiger partial charge < -0.3 is 9.80 Å². The van der Waals surface area contributed by atoms with Crippen LogP contribution in [0.3, 0.4) is 0 Å². The Morgan fingerprint density at radius 3 is 2.29 bits per heavy atom. The van der Waals surface area contributed by atoms with Crippen molar-refractivity contribution in [1.82, 2.24) is 24.5 Å². The topological polar surface area (TPSA) is 44.6 Å². The van der Waals surface area contributed by atoms with Gasteiger partial charge in [-0.3, -0.25) is 9.69 Å². The first-order valence-electron chi connectivity index (χ1n) is 11.1. The SMILES string of the molecule is CN1CCCCC1CCN1CCN(CCn2nc(C(C)(C)C)ccc2=O)CC1. The standard InChI is InChI=1S/C22H39N5O/c1-22(2,3)20-8-9-21(28)27(23-20)18-17-26-15-13-25(14-16-26)12-10-19-7-5-6-11-24(19)4/h8-9,19H,5-7,10-18H2,1-4H3. The second kappa shape index (κ2) is 9.51. The van der Waals surface area contributed by atoms with Crippen molar-refractivity contribution in [2.45, 2.75) is 64.5 Å². The highest BCUT2D eigenvalue weighted by Gasteiger charge is 2.22. The molecule has 0 radical (unpaired) electrons. The largest absolute Gasteiger partial charge is 0.303 e. The molecule has 1 unspecified atom stereocenters. The Morgan fingerprint density at radius 1 is 0.964 bits per heavy atom. The summed E-state index contributed by atoms with van der Waals surface area (Å²) < 4.78 is 1.64. The van der Waals surface area contributed by atoms with Crippen molar-refractivity contribution in [1.29, 1.82) is 0 Å². The first-order valence-corrected chi connectivity index (χ1v) is 11.1. The van der Waals surface area contributed by atoms with Crippen LogP contribution < -0.4 is 5.56 Å². The zero-order valence-corrected chi connectivity index (χ0v) is 18.4. The molecule has 0 bridgehead atoms. The van der Waals surface area contributed by atoms with Crippen molar-refractivity contribution in [2.24, 2.45) is 0 Å². The Hall–Kier alpha value is -1.24. The Labute approximate surface area is 170 Å². The molecular formula is C22H39N5O. The zero-order chi connectivity index (χ0) is 20.1. The molecule has 0 saturated carbocycles. The van der Waals surface area contributed by atoms with E-state index in [1.807, 2.05) is 6.07 Å². The summed E-state index contributed by atoms with van der Waals surface area (Å²) in [5.41, 5.74) is 0.945. The maximum absolute atomic E-state index is 12.2. The van der Waals surface area contributed by atoms with E-state index in [0.29, 0.717) is 6.54 Å². The van der Waals surface area contributed by atoms with Crippen molar-refractivity contribution in [2.75, 3.05) is 52.9 Å². The number of likely N-dealkylation sites (tertiary alicyclic amines) is 1. The van der Waals surface area contributed by atoms with Gasteiger partial charge >= 0.3 is 0 Å². The van der Waals surface area contributed by atoms with Crippen molar-refractivity contribution >= 4 is 0 Å². The predicted molar refractivity (Wildman–Crippen MR) is 115 cm³/mol. The van der Waals surface area contributed by atoms with E-state index in [-0.39, 0.29) is 11.0 Å². The van der Waals surface area contributed by atoms with E-state index in [0.717, 1.165) is 44.5 Å². The highest BCUT2D eigenvalue weighted by molar-refractivity contribution is 5.10. The average Bonchev–Trinajstić information content (AvgIpc) is 2.67. The van der Waals surface area contributed by atoms with Crippen LogP contribution in [0.15, 0.2) is 16.9 Å². The minimum Gasteiger partial charge on any atom is -0.303 e. The monoisotopic (exact) mass is 389 g/mol. The molecule has 1 aromatic rings. The van der Waals surface area contributed by atoms with Crippen LogP contribution in [-0.4, -0.2) is 83.4 Å². The summed E-state index contributed by atoms with van der Waals surface area (Å²) in [5, 5.41) is 4.59. The summed E-state index contributed by atoms with van der Waals surface area (Å²) in [4.78, 5) is 19.8. The smallest absolute Gasteiger partial charge is 0.266 e.